The number of thioether (sulfide) groups is 2. The predicted octanol–water partition coefficient (Wildman–Crippen LogP) is 1.51. The van der Waals surface area contributed by atoms with Crippen molar-refractivity contribution >= 4 is 47.1 Å². The van der Waals surface area contributed by atoms with Gasteiger partial charge in [-0.25, -0.2) is 4.79 Å². The number of amidine groups is 1. The second-order valence-electron chi connectivity index (χ2n) is 9.05. The summed E-state index contributed by atoms with van der Waals surface area (Å²) in [5, 5.41) is 29.8. The number of amides is 2. The quantitative estimate of drug-likeness (QED) is 0.200. The van der Waals surface area contributed by atoms with E-state index in [-0.39, 0.29) is 40.6 Å². The summed E-state index contributed by atoms with van der Waals surface area (Å²) in [7, 11) is 3.39. The molecular formula is C22H32N4O5S2. The minimum Gasteiger partial charge on any atom is -0.477 e. The van der Waals surface area contributed by atoms with Crippen LogP contribution in [0.2, 0.25) is 0 Å². The zero-order valence-corrected chi connectivity index (χ0v) is 21.2. The van der Waals surface area contributed by atoms with E-state index in [0.29, 0.717) is 23.8 Å². The monoisotopic (exact) mass is 496 g/mol. The van der Waals surface area contributed by atoms with Crippen LogP contribution in [0.3, 0.4) is 0 Å². The van der Waals surface area contributed by atoms with Gasteiger partial charge in [0.2, 0.25) is 11.8 Å². The van der Waals surface area contributed by atoms with Crippen molar-refractivity contribution in [3.63, 3.8) is 0 Å². The molecule has 0 aromatic heterocycles. The second-order valence-corrected chi connectivity index (χ2v) is 11.3. The van der Waals surface area contributed by atoms with Crippen molar-refractivity contribution in [2.45, 2.75) is 38.2 Å². The minimum atomic E-state index is -1.13. The predicted molar refractivity (Wildman–Crippen MR) is 130 cm³/mol. The average Bonchev–Trinajstić information content (AvgIpc) is 3.23. The van der Waals surface area contributed by atoms with Crippen molar-refractivity contribution in [3.05, 3.63) is 22.1 Å². The lowest BCUT2D eigenvalue weighted by Crippen LogP contribution is -2.63. The van der Waals surface area contributed by atoms with Crippen molar-refractivity contribution in [1.29, 1.82) is 5.41 Å². The summed E-state index contributed by atoms with van der Waals surface area (Å²) in [5.74, 6) is -0.946. The lowest BCUT2D eigenvalue weighted by atomic mass is 9.79. The van der Waals surface area contributed by atoms with Crippen molar-refractivity contribution < 1.29 is 24.6 Å². The topological polar surface area (TPSA) is 125 Å². The van der Waals surface area contributed by atoms with Gasteiger partial charge in [0.05, 0.1) is 23.9 Å². The normalized spacial score (nSPS) is 30.0. The number of hydrogen-bond donors (Lipinski definition) is 3. The molecule has 182 valence electrons. The van der Waals surface area contributed by atoms with E-state index in [4.69, 9.17) is 5.41 Å². The van der Waals surface area contributed by atoms with Gasteiger partial charge in [-0.1, -0.05) is 6.92 Å². The highest BCUT2D eigenvalue weighted by molar-refractivity contribution is 8.04. The second kappa shape index (κ2) is 10.1. The van der Waals surface area contributed by atoms with Crippen LogP contribution in [0.1, 0.15) is 20.8 Å². The minimum absolute atomic E-state index is 0.0345. The summed E-state index contributed by atoms with van der Waals surface area (Å²) >= 11 is 3.02. The number of carbonyl (C=O) groups is 3. The maximum atomic E-state index is 12.6. The average molecular weight is 497 g/mol. The van der Waals surface area contributed by atoms with Gasteiger partial charge < -0.3 is 24.9 Å². The van der Waals surface area contributed by atoms with E-state index < -0.39 is 18.0 Å². The van der Waals surface area contributed by atoms with Gasteiger partial charge in [-0.15, -0.1) is 23.5 Å². The van der Waals surface area contributed by atoms with E-state index in [1.807, 2.05) is 11.8 Å². The van der Waals surface area contributed by atoms with Crippen molar-refractivity contribution in [3.8, 4) is 0 Å². The van der Waals surface area contributed by atoms with E-state index >= 15 is 0 Å². The number of carboxylic acids is 1. The number of aliphatic hydroxyl groups excluding tert-OH is 1. The summed E-state index contributed by atoms with van der Waals surface area (Å²) in [6, 6.07) is -0.333. The molecule has 3 aliphatic heterocycles. The number of rotatable bonds is 8. The Balaban J connectivity index is 1.78. The highest BCUT2D eigenvalue weighted by Gasteiger charge is 2.60. The van der Waals surface area contributed by atoms with Crippen LogP contribution >= 0.6 is 23.5 Å². The number of hydrogen-bond acceptors (Lipinski definition) is 7. The zero-order valence-electron chi connectivity index (χ0n) is 19.5. The van der Waals surface area contributed by atoms with E-state index in [9.17, 15) is 24.6 Å². The Morgan fingerprint density at radius 3 is 2.55 bits per heavy atom. The molecule has 0 saturated carbocycles. The molecule has 33 heavy (non-hydrogen) atoms. The first-order chi connectivity index (χ1) is 15.5. The van der Waals surface area contributed by atoms with Gasteiger partial charge in [0.15, 0.2) is 0 Å². The third-order valence-electron chi connectivity index (χ3n) is 6.50. The van der Waals surface area contributed by atoms with Crippen LogP contribution in [-0.2, 0) is 14.4 Å². The first kappa shape index (κ1) is 25.6. The summed E-state index contributed by atoms with van der Waals surface area (Å²) < 4.78 is 0. The van der Waals surface area contributed by atoms with E-state index in [1.54, 1.807) is 33.4 Å². The molecule has 0 bridgehead atoms. The van der Waals surface area contributed by atoms with Crippen LogP contribution in [0, 0.1) is 23.2 Å². The molecule has 2 fully saturated rings. The maximum absolute atomic E-state index is 12.6. The lowest BCUT2D eigenvalue weighted by molar-refractivity contribution is -0.163. The van der Waals surface area contributed by atoms with E-state index in [0.717, 1.165) is 5.75 Å². The van der Waals surface area contributed by atoms with Crippen LogP contribution in [0.15, 0.2) is 22.1 Å². The van der Waals surface area contributed by atoms with Crippen molar-refractivity contribution in [1.82, 2.24) is 14.7 Å². The number of aliphatic hydroxyl groups is 1. The molecule has 0 aromatic carbocycles. The fraction of sp³-hybridized carbons (Fsp3) is 0.636. The Kier molecular flexibility index (Phi) is 7.85. The number of β-lactam (4-membered cyclic amide) rings is 1. The molecular weight excluding hydrogens is 464 g/mol. The van der Waals surface area contributed by atoms with Crippen molar-refractivity contribution in [2.75, 3.05) is 32.9 Å². The van der Waals surface area contributed by atoms with E-state index in [1.165, 1.54) is 39.4 Å². The Labute approximate surface area is 202 Å². The molecule has 3 heterocycles. The molecule has 3 rings (SSSR count). The molecule has 2 amide bonds. The number of likely N-dealkylation sites (tertiary alicyclic amines) is 1. The Hall–Kier alpha value is -1.98. The molecule has 3 N–H and O–H groups in total. The molecule has 0 aliphatic carbocycles. The van der Waals surface area contributed by atoms with E-state index in [2.05, 4.69) is 0 Å². The highest BCUT2D eigenvalue weighted by Crippen LogP contribution is 2.52. The number of aliphatic carboxylic acids is 1. The molecule has 1 unspecified atom stereocenters. The lowest BCUT2D eigenvalue weighted by Gasteiger charge is -2.46. The fourth-order valence-electron chi connectivity index (χ4n) is 4.69. The molecule has 3 aliphatic rings. The summed E-state index contributed by atoms with van der Waals surface area (Å²) in [6.07, 6.45) is 0.696. The summed E-state index contributed by atoms with van der Waals surface area (Å²) in [5.41, 5.74) is 0.0345. The number of carbonyl (C=O) groups excluding carboxylic acids is 2. The van der Waals surface area contributed by atoms with Crippen molar-refractivity contribution in [2.24, 2.45) is 17.8 Å². The first-order valence-electron chi connectivity index (χ1n) is 10.9. The smallest absolute Gasteiger partial charge is 0.353 e. The summed E-state index contributed by atoms with van der Waals surface area (Å²) in [4.78, 5) is 42.0. The highest BCUT2D eigenvalue weighted by atomic mass is 32.2. The van der Waals surface area contributed by atoms with Gasteiger partial charge in [-0.05, 0) is 25.2 Å². The largest absolute Gasteiger partial charge is 0.477 e. The fourth-order valence-corrected chi connectivity index (χ4v) is 7.32. The zero-order chi connectivity index (χ0) is 24.6. The van der Waals surface area contributed by atoms with Gasteiger partial charge in [-0.2, -0.15) is 0 Å². The molecule has 9 nitrogen and oxygen atoms in total. The van der Waals surface area contributed by atoms with Crippen LogP contribution in [0.4, 0.5) is 0 Å². The van der Waals surface area contributed by atoms with Crippen LogP contribution in [0.25, 0.3) is 0 Å². The number of likely N-dealkylation sites (N-methyl/N-ethyl adjacent to an activating group) is 1. The first-order valence-corrected chi connectivity index (χ1v) is 12.8. The molecule has 0 spiro atoms. The molecule has 2 saturated heterocycles. The van der Waals surface area contributed by atoms with Gasteiger partial charge >= 0.3 is 5.97 Å². The number of fused-ring (bicyclic) bond motifs is 1. The van der Waals surface area contributed by atoms with Gasteiger partial charge in [-0.3, -0.25) is 15.0 Å². The number of carboxylic acid groups (broad SMARTS) is 1. The Morgan fingerprint density at radius 2 is 2.00 bits per heavy atom. The van der Waals surface area contributed by atoms with Crippen LogP contribution in [-0.4, -0.2) is 98.9 Å². The third kappa shape index (κ3) is 4.95. The number of nitrogens with zero attached hydrogens (tertiary/aromatic N) is 3. The van der Waals surface area contributed by atoms with Gasteiger partial charge in [0.1, 0.15) is 5.70 Å². The van der Waals surface area contributed by atoms with Gasteiger partial charge in [0, 0.05) is 55.1 Å². The maximum Gasteiger partial charge on any atom is 0.353 e. The van der Waals surface area contributed by atoms with Crippen LogP contribution in [0.5, 0.6) is 0 Å². The molecule has 0 radical (unpaired) electrons. The molecule has 0 aromatic rings. The summed E-state index contributed by atoms with van der Waals surface area (Å²) in [6.45, 7) is 6.54. The SMILES string of the molecule is CC(=N)N1C[C@H](CS/C=C/C(=O)N(C)C)[C@H](SC2=C(C(=O)O)N3C(=O)[C@H]([C@@H](C)O)C3[C@H]2C)C1. The van der Waals surface area contributed by atoms with Gasteiger partial charge in [0.25, 0.3) is 0 Å². The molecule has 6 atom stereocenters. The Morgan fingerprint density at radius 1 is 1.33 bits per heavy atom. The Bertz CT molecular complexity index is 903. The third-order valence-corrected chi connectivity index (χ3v) is 9.11. The standard InChI is InChI=1S/C22H32N4O5S2/c1-11-18-17(12(2)27)21(29)26(18)19(22(30)31)20(11)33-15-9-25(13(3)23)8-14(15)10-32-7-6-16(28)24(4)5/h6-7,11-12,14-15,17-18,23,27H,8-10H2,1-5H3,(H,30,31)/b7-6+,23-13?/t11-,12-,14-,15-,17-,18?/m1/s1. The number of nitrogens with one attached hydrogen (secondary N) is 1. The molecule has 11 heteroatoms. The van der Waals surface area contributed by atoms with Crippen LogP contribution < -0.4 is 0 Å².